The number of benzene rings is 1. The van der Waals surface area contributed by atoms with Crippen LogP contribution in [0.15, 0.2) is 27.5 Å². The molecule has 0 radical (unpaired) electrons. The van der Waals surface area contributed by atoms with Gasteiger partial charge in [-0.25, -0.2) is 14.2 Å². The highest BCUT2D eigenvalue weighted by Crippen LogP contribution is 2.35. The molecule has 4 heterocycles. The third-order valence-corrected chi connectivity index (χ3v) is 8.24. The van der Waals surface area contributed by atoms with Gasteiger partial charge < -0.3 is 19.1 Å². The van der Waals surface area contributed by atoms with Crippen molar-refractivity contribution < 1.29 is 32.8 Å². The number of nitrogens with zero attached hydrogens (tertiary/aromatic N) is 4. The normalized spacial score (nSPS) is 22.9. The van der Waals surface area contributed by atoms with Gasteiger partial charge in [-0.15, -0.1) is 0 Å². The molecule has 2 aromatic heterocycles. The Kier molecular flexibility index (Phi) is 8.23. The summed E-state index contributed by atoms with van der Waals surface area (Å²) in [6, 6.07) is 4.46. The maximum atomic E-state index is 13.7. The largest absolute Gasteiger partial charge is 0.512 e. The van der Waals surface area contributed by atoms with E-state index in [4.69, 9.17) is 14.0 Å². The first-order chi connectivity index (χ1) is 19.2. The van der Waals surface area contributed by atoms with Gasteiger partial charge in [-0.05, 0) is 37.8 Å². The van der Waals surface area contributed by atoms with Crippen molar-refractivity contribution in [1.29, 1.82) is 0 Å². The van der Waals surface area contributed by atoms with Crippen molar-refractivity contribution in [3.05, 3.63) is 57.1 Å². The van der Waals surface area contributed by atoms with Crippen molar-refractivity contribution in [1.82, 2.24) is 14.7 Å². The predicted molar refractivity (Wildman–Crippen MR) is 144 cm³/mol. The summed E-state index contributed by atoms with van der Waals surface area (Å²) in [5, 5.41) is 15.4. The van der Waals surface area contributed by atoms with E-state index >= 15 is 0 Å². The smallest absolute Gasteiger partial charge is 0.434 e. The van der Waals surface area contributed by atoms with E-state index in [1.165, 1.54) is 12.1 Å². The molecule has 11 heteroatoms. The summed E-state index contributed by atoms with van der Waals surface area (Å²) in [7, 11) is 0. The number of likely N-dealkylation sites (tertiary alicyclic amines) is 1. The number of fused-ring (bicyclic) bond motifs is 2. The number of ether oxygens (including phenoxy) is 2. The number of aromatic nitrogens is 3. The minimum atomic E-state index is -0.721. The van der Waals surface area contributed by atoms with E-state index in [1.54, 1.807) is 10.6 Å². The molecule has 40 heavy (non-hydrogen) atoms. The molecule has 0 aliphatic carbocycles. The molecular formula is C29H38FN4O6+. The van der Waals surface area contributed by atoms with Gasteiger partial charge in [0.15, 0.2) is 5.58 Å². The Hall–Kier alpha value is -3.31. The Bertz CT molecular complexity index is 1430. The Morgan fingerprint density at radius 3 is 2.77 bits per heavy atom. The molecule has 10 nitrogen and oxygen atoms in total. The number of hydrogen-bond acceptors (Lipinski definition) is 8. The highest BCUT2D eigenvalue weighted by Gasteiger charge is 2.38. The second-order valence-corrected chi connectivity index (χ2v) is 11.6. The number of rotatable bonds is 8. The van der Waals surface area contributed by atoms with Crippen molar-refractivity contribution >= 4 is 17.1 Å². The van der Waals surface area contributed by atoms with Crippen LogP contribution in [0.2, 0.25) is 0 Å². The molecule has 5 rings (SSSR count). The summed E-state index contributed by atoms with van der Waals surface area (Å²) >= 11 is 0. The SMILES string of the molecule is Cc1nc2n(c(=O)c1CC[N+]1(COC(=O)OCC(C)C)CCC(c3noc4cc(F)ccc34)CC1)CCCC2O. The summed E-state index contributed by atoms with van der Waals surface area (Å²) < 4.78 is 32.0. The van der Waals surface area contributed by atoms with E-state index < -0.39 is 12.3 Å². The fraction of sp³-hybridized carbons (Fsp3) is 0.586. The summed E-state index contributed by atoms with van der Waals surface area (Å²) in [4.78, 5) is 30.3. The molecule has 0 bridgehead atoms. The number of carbonyl (C=O) groups is 1. The van der Waals surface area contributed by atoms with Gasteiger partial charge in [-0.3, -0.25) is 13.8 Å². The summed E-state index contributed by atoms with van der Waals surface area (Å²) in [6.45, 7) is 8.65. The number of aliphatic hydroxyl groups is 1. The quantitative estimate of drug-likeness (QED) is 0.321. The lowest BCUT2D eigenvalue weighted by atomic mass is 9.90. The zero-order valence-corrected chi connectivity index (χ0v) is 23.4. The van der Waals surface area contributed by atoms with E-state index in [1.807, 2.05) is 20.8 Å². The second-order valence-electron chi connectivity index (χ2n) is 11.6. The van der Waals surface area contributed by atoms with Crippen LogP contribution in [0.1, 0.15) is 74.3 Å². The van der Waals surface area contributed by atoms with Crippen LogP contribution in [0.5, 0.6) is 0 Å². The van der Waals surface area contributed by atoms with E-state index in [0.29, 0.717) is 66.2 Å². The monoisotopic (exact) mass is 557 g/mol. The highest BCUT2D eigenvalue weighted by atomic mass is 19.1. The minimum Gasteiger partial charge on any atom is -0.434 e. The number of halogens is 1. The van der Waals surface area contributed by atoms with Crippen LogP contribution >= 0.6 is 0 Å². The van der Waals surface area contributed by atoms with Crippen LogP contribution in [0.25, 0.3) is 11.0 Å². The van der Waals surface area contributed by atoms with Crippen molar-refractivity contribution in [2.24, 2.45) is 5.92 Å². The molecule has 1 fully saturated rings. The molecule has 0 saturated carbocycles. The molecule has 1 atom stereocenters. The lowest BCUT2D eigenvalue weighted by Gasteiger charge is -2.42. The lowest BCUT2D eigenvalue weighted by molar-refractivity contribution is -0.948. The summed E-state index contributed by atoms with van der Waals surface area (Å²) in [5.41, 5.74) is 2.40. The number of hydrogen-bond donors (Lipinski definition) is 1. The molecule has 2 aliphatic heterocycles. The van der Waals surface area contributed by atoms with Gasteiger partial charge in [0.25, 0.3) is 5.56 Å². The average Bonchev–Trinajstić information content (AvgIpc) is 3.34. The predicted octanol–water partition coefficient (Wildman–Crippen LogP) is 4.36. The van der Waals surface area contributed by atoms with Crippen molar-refractivity contribution in [3.8, 4) is 0 Å². The molecule has 1 N–H and O–H groups in total. The van der Waals surface area contributed by atoms with Crippen molar-refractivity contribution in [2.45, 2.75) is 71.4 Å². The Balaban J connectivity index is 1.34. The highest BCUT2D eigenvalue weighted by molar-refractivity contribution is 5.79. The first kappa shape index (κ1) is 28.2. The first-order valence-corrected chi connectivity index (χ1v) is 14.1. The summed E-state index contributed by atoms with van der Waals surface area (Å²) in [6.07, 6.45) is 1.91. The Morgan fingerprint density at radius 1 is 1.25 bits per heavy atom. The van der Waals surface area contributed by atoms with Gasteiger partial charge >= 0.3 is 6.16 Å². The molecule has 2 aliphatic rings. The summed E-state index contributed by atoms with van der Waals surface area (Å²) in [5.74, 6) is 0.389. The fourth-order valence-corrected chi connectivity index (χ4v) is 5.90. The maximum absolute atomic E-state index is 13.7. The van der Waals surface area contributed by atoms with Gasteiger partial charge in [0.2, 0.25) is 6.73 Å². The third-order valence-electron chi connectivity index (χ3n) is 8.24. The topological polar surface area (TPSA) is 117 Å². The first-order valence-electron chi connectivity index (χ1n) is 14.1. The third kappa shape index (κ3) is 5.90. The molecule has 3 aromatic rings. The average molecular weight is 558 g/mol. The molecule has 1 saturated heterocycles. The van der Waals surface area contributed by atoms with Crippen LogP contribution in [0, 0.1) is 18.7 Å². The van der Waals surface area contributed by atoms with Gasteiger partial charge in [0, 0.05) is 54.4 Å². The van der Waals surface area contributed by atoms with Gasteiger partial charge in [0.1, 0.15) is 17.7 Å². The van der Waals surface area contributed by atoms with E-state index in [0.717, 1.165) is 30.3 Å². The van der Waals surface area contributed by atoms with Crippen molar-refractivity contribution in [3.63, 3.8) is 0 Å². The number of aryl methyl sites for hydroxylation is 1. The van der Waals surface area contributed by atoms with E-state index in [9.17, 15) is 19.1 Å². The molecule has 0 spiro atoms. The number of carbonyl (C=O) groups excluding carboxylic acids is 1. The van der Waals surface area contributed by atoms with E-state index in [-0.39, 0.29) is 36.5 Å². The molecule has 1 aromatic carbocycles. The Morgan fingerprint density at radius 2 is 2.02 bits per heavy atom. The van der Waals surface area contributed by atoms with E-state index in [2.05, 4.69) is 10.1 Å². The molecular weight excluding hydrogens is 519 g/mol. The van der Waals surface area contributed by atoms with Crippen LogP contribution < -0.4 is 5.56 Å². The van der Waals surface area contributed by atoms with Crippen LogP contribution in [0.4, 0.5) is 9.18 Å². The van der Waals surface area contributed by atoms with Gasteiger partial charge in [0.05, 0.1) is 31.9 Å². The molecule has 1 unspecified atom stereocenters. The standard InChI is InChI=1S/C29H38FN4O6/c1-18(2)16-38-29(37)39-17-34(14-10-22-19(3)31-27-24(35)5-4-11-33(27)28(22)36)12-8-20(9-13-34)26-23-7-6-21(30)15-25(23)40-32-26/h6-7,15,18,20,24,35H,4-5,8-14,16-17H2,1-3H3/q+1. The Labute approximate surface area is 232 Å². The zero-order valence-electron chi connectivity index (χ0n) is 23.4. The van der Waals surface area contributed by atoms with Crippen LogP contribution in [-0.4, -0.2) is 63.4 Å². The van der Waals surface area contributed by atoms with Crippen LogP contribution in [0.3, 0.4) is 0 Å². The van der Waals surface area contributed by atoms with Gasteiger partial charge in [-0.2, -0.15) is 0 Å². The lowest BCUT2D eigenvalue weighted by Crippen LogP contribution is -2.55. The molecule has 216 valence electrons. The number of aliphatic hydroxyl groups excluding tert-OH is 1. The fourth-order valence-electron chi connectivity index (χ4n) is 5.90. The van der Waals surface area contributed by atoms with Crippen molar-refractivity contribution in [2.75, 3.05) is 33.0 Å². The number of piperidine rings is 1. The zero-order chi connectivity index (χ0) is 28.4. The molecule has 0 amide bonds. The second kappa shape index (κ2) is 11.7. The maximum Gasteiger partial charge on any atom is 0.512 e. The number of quaternary nitrogens is 1. The minimum absolute atomic E-state index is 0.104. The van der Waals surface area contributed by atoms with Crippen LogP contribution in [-0.2, 0) is 22.4 Å². The van der Waals surface area contributed by atoms with Gasteiger partial charge in [-0.1, -0.05) is 19.0 Å².